The molecule has 0 radical (unpaired) electrons. The van der Waals surface area contributed by atoms with Gasteiger partial charge in [0.05, 0.1) is 17.9 Å². The number of carbonyl (C=O) groups excluding carboxylic acids is 2. The summed E-state index contributed by atoms with van der Waals surface area (Å²) in [6.07, 6.45) is 6.19. The van der Waals surface area contributed by atoms with Crippen LogP contribution in [-0.2, 0) is 9.53 Å². The van der Waals surface area contributed by atoms with Crippen LogP contribution in [-0.4, -0.2) is 55.0 Å². The van der Waals surface area contributed by atoms with Gasteiger partial charge in [-0.05, 0) is 44.7 Å². The number of hydrogen-bond acceptors (Lipinski definition) is 4. The van der Waals surface area contributed by atoms with Crippen LogP contribution < -0.4 is 5.32 Å². The summed E-state index contributed by atoms with van der Waals surface area (Å²) >= 11 is 0. The van der Waals surface area contributed by atoms with E-state index in [1.807, 2.05) is 24.0 Å². The second kappa shape index (κ2) is 9.31. The lowest BCUT2D eigenvalue weighted by molar-refractivity contribution is -0.136. The highest BCUT2D eigenvalue weighted by molar-refractivity contribution is 5.95. The Labute approximate surface area is 161 Å². The van der Waals surface area contributed by atoms with E-state index in [2.05, 4.69) is 5.32 Å². The van der Waals surface area contributed by atoms with Crippen LogP contribution in [0.25, 0.3) is 0 Å². The Kier molecular flexibility index (Phi) is 6.83. The molecule has 1 saturated carbocycles. The molecular weight excluding hydrogens is 342 g/mol. The molecule has 1 aromatic heterocycles. The van der Waals surface area contributed by atoms with Crippen molar-refractivity contribution in [3.05, 3.63) is 29.1 Å². The maximum Gasteiger partial charge on any atom is 0.253 e. The van der Waals surface area contributed by atoms with Crippen LogP contribution in [0.4, 0.5) is 0 Å². The lowest BCUT2D eigenvalue weighted by Crippen LogP contribution is -2.41. The van der Waals surface area contributed by atoms with Crippen molar-refractivity contribution in [1.29, 1.82) is 0 Å². The molecule has 0 unspecified atom stereocenters. The zero-order valence-electron chi connectivity index (χ0n) is 16.5. The minimum atomic E-state index is -0.0981. The number of rotatable bonds is 6. The molecule has 6 heteroatoms. The van der Waals surface area contributed by atoms with E-state index < -0.39 is 0 Å². The average Bonchev–Trinajstić information content (AvgIpc) is 3.22. The first kappa shape index (κ1) is 19.8. The number of likely N-dealkylation sites (tertiary alicyclic amines) is 1. The van der Waals surface area contributed by atoms with Gasteiger partial charge in [0.2, 0.25) is 5.91 Å². The van der Waals surface area contributed by atoms with Crippen LogP contribution in [0, 0.1) is 12.8 Å². The number of methoxy groups -OCH3 is 1. The van der Waals surface area contributed by atoms with E-state index in [0.29, 0.717) is 24.6 Å². The van der Waals surface area contributed by atoms with Crippen LogP contribution in [0.5, 0.6) is 0 Å². The van der Waals surface area contributed by atoms with Crippen molar-refractivity contribution in [3.8, 4) is 0 Å². The summed E-state index contributed by atoms with van der Waals surface area (Å²) in [7, 11) is 1.62. The lowest BCUT2D eigenvalue weighted by atomic mass is 9.89. The van der Waals surface area contributed by atoms with Gasteiger partial charge in [-0.2, -0.15) is 0 Å². The van der Waals surface area contributed by atoms with Gasteiger partial charge in [0.1, 0.15) is 0 Å². The van der Waals surface area contributed by atoms with Crippen molar-refractivity contribution in [2.45, 2.75) is 51.4 Å². The highest BCUT2D eigenvalue weighted by atomic mass is 16.5. The number of aromatic nitrogens is 1. The Morgan fingerprint density at radius 3 is 2.56 bits per heavy atom. The molecule has 2 aliphatic rings. The van der Waals surface area contributed by atoms with Crippen LogP contribution in [0.1, 0.15) is 66.2 Å². The predicted molar refractivity (Wildman–Crippen MR) is 104 cm³/mol. The number of nitrogens with zero attached hydrogens (tertiary/aromatic N) is 2. The van der Waals surface area contributed by atoms with Crippen molar-refractivity contribution in [3.63, 3.8) is 0 Å². The normalized spacial score (nSPS) is 18.7. The second-order valence-electron chi connectivity index (χ2n) is 7.72. The standard InChI is InChI=1S/C21H31N3O3/c1-15-7-8-18(20(25)22-11-14-27-2)19(23-15)16-9-12-24(13-10-16)21(26)17-5-3-4-6-17/h7-8,16-17H,3-6,9-14H2,1-2H3,(H,22,25). The Morgan fingerprint density at radius 1 is 1.19 bits per heavy atom. The van der Waals surface area contributed by atoms with Crippen LogP contribution in [0.3, 0.4) is 0 Å². The SMILES string of the molecule is COCCNC(=O)c1ccc(C)nc1C1CCN(C(=O)C2CCCC2)CC1. The van der Waals surface area contributed by atoms with E-state index in [-0.39, 0.29) is 17.7 Å². The Bertz CT molecular complexity index is 663. The fourth-order valence-corrected chi connectivity index (χ4v) is 4.25. The van der Waals surface area contributed by atoms with Gasteiger partial charge in [-0.1, -0.05) is 12.8 Å². The lowest BCUT2D eigenvalue weighted by Gasteiger charge is -2.34. The predicted octanol–water partition coefficient (Wildman–Crippen LogP) is 2.66. The van der Waals surface area contributed by atoms with Gasteiger partial charge in [-0.3, -0.25) is 14.6 Å². The van der Waals surface area contributed by atoms with Crippen LogP contribution in [0.2, 0.25) is 0 Å². The first-order valence-electron chi connectivity index (χ1n) is 10.1. The minimum absolute atomic E-state index is 0.0981. The Morgan fingerprint density at radius 2 is 1.89 bits per heavy atom. The van der Waals surface area contributed by atoms with E-state index in [4.69, 9.17) is 9.72 Å². The van der Waals surface area contributed by atoms with Crippen molar-refractivity contribution >= 4 is 11.8 Å². The number of amides is 2. The fourth-order valence-electron chi connectivity index (χ4n) is 4.25. The highest BCUT2D eigenvalue weighted by Crippen LogP contribution is 2.32. The second-order valence-corrected chi connectivity index (χ2v) is 7.72. The number of pyridine rings is 1. The average molecular weight is 373 g/mol. The quantitative estimate of drug-likeness (QED) is 0.778. The molecule has 0 spiro atoms. The summed E-state index contributed by atoms with van der Waals surface area (Å²) < 4.78 is 5.00. The van der Waals surface area contributed by atoms with Gasteiger partial charge in [-0.25, -0.2) is 0 Å². The zero-order valence-corrected chi connectivity index (χ0v) is 16.5. The minimum Gasteiger partial charge on any atom is -0.383 e. The van der Waals surface area contributed by atoms with Crippen molar-refractivity contribution in [1.82, 2.24) is 15.2 Å². The molecule has 6 nitrogen and oxygen atoms in total. The molecule has 1 N–H and O–H groups in total. The molecule has 1 aliphatic heterocycles. The summed E-state index contributed by atoms with van der Waals surface area (Å²) in [6.45, 7) is 4.45. The maximum absolute atomic E-state index is 12.7. The summed E-state index contributed by atoms with van der Waals surface area (Å²) in [6, 6.07) is 3.75. The third-order valence-corrected chi connectivity index (χ3v) is 5.80. The third-order valence-electron chi connectivity index (χ3n) is 5.80. The largest absolute Gasteiger partial charge is 0.383 e. The molecule has 1 saturated heterocycles. The topological polar surface area (TPSA) is 71.5 Å². The van der Waals surface area contributed by atoms with Crippen LogP contribution in [0.15, 0.2) is 12.1 Å². The van der Waals surface area contributed by atoms with Gasteiger partial charge in [-0.15, -0.1) is 0 Å². The molecule has 148 valence electrons. The number of nitrogens with one attached hydrogen (secondary N) is 1. The summed E-state index contributed by atoms with van der Waals surface area (Å²) in [5.74, 6) is 0.696. The molecular formula is C21H31N3O3. The molecule has 2 amide bonds. The summed E-state index contributed by atoms with van der Waals surface area (Å²) in [4.78, 5) is 31.9. The van der Waals surface area contributed by atoms with Gasteiger partial charge < -0.3 is 15.0 Å². The summed E-state index contributed by atoms with van der Waals surface area (Å²) in [5.41, 5.74) is 2.44. The Hall–Kier alpha value is -1.95. The van der Waals surface area contributed by atoms with E-state index in [0.717, 1.165) is 50.2 Å². The molecule has 3 rings (SSSR count). The number of carbonyl (C=O) groups is 2. The molecule has 0 aromatic carbocycles. The maximum atomic E-state index is 12.7. The first-order valence-corrected chi connectivity index (χ1v) is 10.1. The van der Waals surface area contributed by atoms with Gasteiger partial charge in [0.15, 0.2) is 0 Å². The van der Waals surface area contributed by atoms with E-state index in [1.165, 1.54) is 12.8 Å². The molecule has 2 heterocycles. The van der Waals surface area contributed by atoms with Crippen molar-refractivity contribution in [2.75, 3.05) is 33.4 Å². The monoisotopic (exact) mass is 373 g/mol. The smallest absolute Gasteiger partial charge is 0.253 e. The fraction of sp³-hybridized carbons (Fsp3) is 0.667. The van der Waals surface area contributed by atoms with Crippen molar-refractivity contribution in [2.24, 2.45) is 5.92 Å². The van der Waals surface area contributed by atoms with E-state index in [1.54, 1.807) is 7.11 Å². The summed E-state index contributed by atoms with van der Waals surface area (Å²) in [5, 5.41) is 2.89. The van der Waals surface area contributed by atoms with Gasteiger partial charge >= 0.3 is 0 Å². The molecule has 1 aromatic rings. The first-order chi connectivity index (χ1) is 13.1. The highest BCUT2D eigenvalue weighted by Gasteiger charge is 2.32. The molecule has 2 fully saturated rings. The molecule has 27 heavy (non-hydrogen) atoms. The Balaban J connectivity index is 1.65. The van der Waals surface area contributed by atoms with Crippen LogP contribution >= 0.6 is 0 Å². The number of ether oxygens (including phenoxy) is 1. The van der Waals surface area contributed by atoms with E-state index >= 15 is 0 Å². The molecule has 0 bridgehead atoms. The third kappa shape index (κ3) is 4.86. The zero-order chi connectivity index (χ0) is 19.2. The van der Waals surface area contributed by atoms with Gasteiger partial charge in [0.25, 0.3) is 5.91 Å². The number of piperidine rings is 1. The van der Waals surface area contributed by atoms with Gasteiger partial charge in [0, 0.05) is 44.3 Å². The van der Waals surface area contributed by atoms with Crippen molar-refractivity contribution < 1.29 is 14.3 Å². The molecule has 1 aliphatic carbocycles. The molecule has 0 atom stereocenters. The number of aryl methyl sites for hydroxylation is 1. The van der Waals surface area contributed by atoms with E-state index in [9.17, 15) is 9.59 Å². The number of hydrogen-bond donors (Lipinski definition) is 1.